The Morgan fingerprint density at radius 2 is 2.20 bits per heavy atom. The third-order valence-corrected chi connectivity index (χ3v) is 3.79. The molecule has 0 bridgehead atoms. The van der Waals surface area contributed by atoms with Gasteiger partial charge in [0.2, 0.25) is 0 Å². The zero-order valence-corrected chi connectivity index (χ0v) is 12.4. The minimum absolute atomic E-state index is 0.207. The van der Waals surface area contributed by atoms with Crippen molar-refractivity contribution in [3.8, 4) is 10.6 Å². The molecule has 0 aliphatic heterocycles. The van der Waals surface area contributed by atoms with Crippen molar-refractivity contribution < 1.29 is 14.3 Å². The number of ether oxygens (including phenoxy) is 2. The topological polar surface area (TPSA) is 48.4 Å². The fourth-order valence-electron chi connectivity index (χ4n) is 1.85. The number of carbonyl (C=O) groups excluding carboxylic acids is 1. The molecule has 2 aromatic rings. The SMILES string of the molecule is COCc1cccc(-c2nc(CCC(=O)OC)cs2)c1. The average Bonchev–Trinajstić information content (AvgIpc) is 2.94. The maximum absolute atomic E-state index is 11.1. The summed E-state index contributed by atoms with van der Waals surface area (Å²) < 4.78 is 9.76. The molecule has 5 heteroatoms. The van der Waals surface area contributed by atoms with Gasteiger partial charge in [-0.2, -0.15) is 0 Å². The van der Waals surface area contributed by atoms with E-state index in [2.05, 4.69) is 15.8 Å². The third kappa shape index (κ3) is 3.88. The van der Waals surface area contributed by atoms with E-state index in [1.54, 1.807) is 18.4 Å². The minimum atomic E-state index is -0.207. The summed E-state index contributed by atoms with van der Waals surface area (Å²) >= 11 is 1.58. The Labute approximate surface area is 122 Å². The number of carbonyl (C=O) groups is 1. The van der Waals surface area contributed by atoms with Crippen molar-refractivity contribution in [2.24, 2.45) is 0 Å². The second kappa shape index (κ2) is 7.17. The molecule has 0 aliphatic carbocycles. The quantitative estimate of drug-likeness (QED) is 0.767. The zero-order chi connectivity index (χ0) is 14.4. The molecule has 0 unspecified atom stereocenters. The van der Waals surface area contributed by atoms with Crippen LogP contribution in [0.1, 0.15) is 17.7 Å². The molecule has 0 radical (unpaired) electrons. The largest absolute Gasteiger partial charge is 0.469 e. The molecule has 0 spiro atoms. The maximum atomic E-state index is 11.1. The molecular weight excluding hydrogens is 274 g/mol. The van der Waals surface area contributed by atoms with E-state index in [-0.39, 0.29) is 5.97 Å². The summed E-state index contributed by atoms with van der Waals surface area (Å²) in [4.78, 5) is 15.7. The number of hydrogen-bond acceptors (Lipinski definition) is 5. The highest BCUT2D eigenvalue weighted by atomic mass is 32.1. The number of nitrogens with zero attached hydrogens (tertiary/aromatic N) is 1. The molecule has 0 N–H and O–H groups in total. The monoisotopic (exact) mass is 291 g/mol. The highest BCUT2D eigenvalue weighted by Gasteiger charge is 2.08. The zero-order valence-electron chi connectivity index (χ0n) is 11.6. The maximum Gasteiger partial charge on any atom is 0.305 e. The van der Waals surface area contributed by atoms with Crippen LogP contribution in [0, 0.1) is 0 Å². The van der Waals surface area contributed by atoms with Crippen LogP contribution >= 0.6 is 11.3 Å². The molecule has 0 atom stereocenters. The summed E-state index contributed by atoms with van der Waals surface area (Å²) in [6.07, 6.45) is 0.977. The van der Waals surface area contributed by atoms with Gasteiger partial charge in [-0.25, -0.2) is 4.98 Å². The number of methoxy groups -OCH3 is 2. The van der Waals surface area contributed by atoms with Gasteiger partial charge < -0.3 is 9.47 Å². The molecule has 0 saturated heterocycles. The lowest BCUT2D eigenvalue weighted by atomic mass is 10.1. The number of thiazole rings is 1. The van der Waals surface area contributed by atoms with E-state index in [4.69, 9.17) is 4.74 Å². The second-order valence-corrected chi connectivity index (χ2v) is 5.21. The van der Waals surface area contributed by atoms with Gasteiger partial charge in [0.15, 0.2) is 0 Å². The van der Waals surface area contributed by atoms with Crippen molar-refractivity contribution in [3.63, 3.8) is 0 Å². The number of benzene rings is 1. The van der Waals surface area contributed by atoms with E-state index in [9.17, 15) is 4.79 Å². The number of aromatic nitrogens is 1. The Kier molecular flexibility index (Phi) is 5.26. The highest BCUT2D eigenvalue weighted by molar-refractivity contribution is 7.13. The van der Waals surface area contributed by atoms with E-state index in [1.165, 1.54) is 7.11 Å². The number of hydrogen-bond donors (Lipinski definition) is 0. The molecule has 0 fully saturated rings. The minimum Gasteiger partial charge on any atom is -0.469 e. The molecule has 1 aromatic carbocycles. The van der Waals surface area contributed by atoms with Crippen LogP contribution in [0.4, 0.5) is 0 Å². The summed E-state index contributed by atoms with van der Waals surface area (Å²) in [5, 5.41) is 2.95. The number of aryl methyl sites for hydroxylation is 1. The van der Waals surface area contributed by atoms with Gasteiger partial charge in [-0.3, -0.25) is 4.79 Å². The van der Waals surface area contributed by atoms with Crippen molar-refractivity contribution in [2.45, 2.75) is 19.4 Å². The number of esters is 1. The third-order valence-electron chi connectivity index (χ3n) is 2.85. The lowest BCUT2D eigenvalue weighted by Crippen LogP contribution is -2.01. The van der Waals surface area contributed by atoms with Crippen LogP contribution in [-0.4, -0.2) is 25.2 Å². The lowest BCUT2D eigenvalue weighted by molar-refractivity contribution is -0.140. The number of rotatable bonds is 6. The van der Waals surface area contributed by atoms with Gasteiger partial charge in [0.25, 0.3) is 0 Å². The molecular formula is C15H17NO3S. The Morgan fingerprint density at radius 3 is 2.95 bits per heavy atom. The van der Waals surface area contributed by atoms with Crippen LogP contribution < -0.4 is 0 Å². The van der Waals surface area contributed by atoms with E-state index >= 15 is 0 Å². The Balaban J connectivity index is 2.08. The van der Waals surface area contributed by atoms with E-state index in [1.807, 2.05) is 23.6 Å². The summed E-state index contributed by atoms with van der Waals surface area (Å²) in [5.41, 5.74) is 3.12. The molecule has 0 aliphatic rings. The van der Waals surface area contributed by atoms with Crippen molar-refractivity contribution in [1.29, 1.82) is 0 Å². The summed E-state index contributed by atoms with van der Waals surface area (Å²) in [6.45, 7) is 0.592. The van der Waals surface area contributed by atoms with Gasteiger partial charge in [0.1, 0.15) is 5.01 Å². The summed E-state index contributed by atoms with van der Waals surface area (Å²) in [7, 11) is 3.08. The lowest BCUT2D eigenvalue weighted by Gasteiger charge is -2.02. The van der Waals surface area contributed by atoms with Crippen LogP contribution in [0.15, 0.2) is 29.6 Å². The second-order valence-electron chi connectivity index (χ2n) is 4.35. The molecule has 106 valence electrons. The standard InChI is InChI=1S/C15H17NO3S/c1-18-9-11-4-3-5-12(8-11)15-16-13(10-20-15)6-7-14(17)19-2/h3-5,8,10H,6-7,9H2,1-2H3. The smallest absolute Gasteiger partial charge is 0.305 e. The normalized spacial score (nSPS) is 10.5. The van der Waals surface area contributed by atoms with Crippen molar-refractivity contribution in [2.75, 3.05) is 14.2 Å². The highest BCUT2D eigenvalue weighted by Crippen LogP contribution is 2.25. The summed E-state index contributed by atoms with van der Waals surface area (Å²) in [5.74, 6) is -0.207. The first-order valence-electron chi connectivity index (χ1n) is 6.32. The fraction of sp³-hybridized carbons (Fsp3) is 0.333. The molecule has 2 rings (SSSR count). The van der Waals surface area contributed by atoms with Crippen molar-refractivity contribution in [1.82, 2.24) is 4.98 Å². The Morgan fingerprint density at radius 1 is 1.35 bits per heavy atom. The predicted octanol–water partition coefficient (Wildman–Crippen LogP) is 3.06. The summed E-state index contributed by atoms with van der Waals surface area (Å²) in [6, 6.07) is 8.13. The van der Waals surface area contributed by atoms with Crippen molar-refractivity contribution >= 4 is 17.3 Å². The molecule has 0 saturated carbocycles. The Bertz CT molecular complexity index is 580. The van der Waals surface area contributed by atoms with E-state index < -0.39 is 0 Å². The molecule has 1 aromatic heterocycles. The van der Waals surface area contributed by atoms with Crippen LogP contribution in [0.25, 0.3) is 10.6 Å². The van der Waals surface area contributed by atoms with Gasteiger partial charge in [-0.05, 0) is 11.6 Å². The first-order chi connectivity index (χ1) is 9.72. The Hall–Kier alpha value is -1.72. The van der Waals surface area contributed by atoms with Gasteiger partial charge in [0, 0.05) is 24.5 Å². The van der Waals surface area contributed by atoms with Gasteiger partial charge in [-0.1, -0.05) is 18.2 Å². The molecule has 4 nitrogen and oxygen atoms in total. The first-order valence-corrected chi connectivity index (χ1v) is 7.20. The van der Waals surface area contributed by atoms with Crippen LogP contribution in [0.5, 0.6) is 0 Å². The predicted molar refractivity (Wildman–Crippen MR) is 78.6 cm³/mol. The van der Waals surface area contributed by atoms with Gasteiger partial charge in [0.05, 0.1) is 25.8 Å². The average molecular weight is 291 g/mol. The van der Waals surface area contributed by atoms with Crippen molar-refractivity contribution in [3.05, 3.63) is 40.9 Å². The molecule has 20 heavy (non-hydrogen) atoms. The molecule has 0 amide bonds. The van der Waals surface area contributed by atoms with Crippen LogP contribution in [0.3, 0.4) is 0 Å². The fourth-order valence-corrected chi connectivity index (χ4v) is 2.70. The van der Waals surface area contributed by atoms with Gasteiger partial charge >= 0.3 is 5.97 Å². The van der Waals surface area contributed by atoms with Crippen LogP contribution in [-0.2, 0) is 27.3 Å². The van der Waals surface area contributed by atoms with E-state index in [0.717, 1.165) is 21.8 Å². The molecule has 1 heterocycles. The first kappa shape index (κ1) is 14.7. The van der Waals surface area contributed by atoms with E-state index in [0.29, 0.717) is 19.4 Å². The van der Waals surface area contributed by atoms with Crippen LogP contribution in [0.2, 0.25) is 0 Å². The van der Waals surface area contributed by atoms with Gasteiger partial charge in [-0.15, -0.1) is 11.3 Å².